The van der Waals surface area contributed by atoms with Gasteiger partial charge in [-0.2, -0.15) is 0 Å². The zero-order chi connectivity index (χ0) is 14.9. The smallest absolute Gasteiger partial charge is 0.310 e. The fourth-order valence-electron chi connectivity index (χ4n) is 2.19. The summed E-state index contributed by atoms with van der Waals surface area (Å²) < 4.78 is 5.37. The van der Waals surface area contributed by atoms with E-state index < -0.39 is 5.60 Å². The van der Waals surface area contributed by atoms with Crippen molar-refractivity contribution in [3.63, 3.8) is 0 Å². The lowest BCUT2D eigenvalue weighted by Gasteiger charge is -2.19. The van der Waals surface area contributed by atoms with Crippen molar-refractivity contribution in [2.75, 3.05) is 0 Å². The summed E-state index contributed by atoms with van der Waals surface area (Å²) in [6.45, 7) is 9.60. The van der Waals surface area contributed by atoms with Gasteiger partial charge in [0, 0.05) is 11.1 Å². The average Bonchev–Trinajstić information content (AvgIpc) is 2.29. The van der Waals surface area contributed by atoms with E-state index in [4.69, 9.17) is 4.74 Å². The molecule has 0 amide bonds. The highest BCUT2D eigenvalue weighted by molar-refractivity contribution is 5.84. The molecule has 0 radical (unpaired) electrons. The van der Waals surface area contributed by atoms with Crippen LogP contribution in [0.3, 0.4) is 0 Å². The van der Waals surface area contributed by atoms with Crippen LogP contribution < -0.4 is 0 Å². The van der Waals surface area contributed by atoms with Crippen LogP contribution in [0.2, 0.25) is 0 Å². The predicted molar refractivity (Wildman–Crippen MR) is 80.8 cm³/mol. The second-order valence-electron chi connectivity index (χ2n) is 6.14. The first kappa shape index (κ1) is 14.5. The molecule has 1 aromatic heterocycles. The van der Waals surface area contributed by atoms with Gasteiger partial charge >= 0.3 is 5.97 Å². The first-order chi connectivity index (χ1) is 9.26. The van der Waals surface area contributed by atoms with E-state index in [1.54, 1.807) is 0 Å². The van der Waals surface area contributed by atoms with Crippen LogP contribution >= 0.6 is 0 Å². The Morgan fingerprint density at radius 1 is 1.25 bits per heavy atom. The summed E-state index contributed by atoms with van der Waals surface area (Å²) in [7, 11) is 0. The Bertz CT molecular complexity index is 654. The maximum atomic E-state index is 11.9. The van der Waals surface area contributed by atoms with Crippen LogP contribution in [0.15, 0.2) is 24.3 Å². The summed E-state index contributed by atoms with van der Waals surface area (Å²) in [5.41, 5.74) is 3.51. The van der Waals surface area contributed by atoms with Crippen LogP contribution in [0.5, 0.6) is 0 Å². The summed E-state index contributed by atoms with van der Waals surface area (Å²) >= 11 is 0. The number of aryl methyl sites for hydroxylation is 2. The minimum atomic E-state index is -0.453. The van der Waals surface area contributed by atoms with E-state index in [9.17, 15) is 4.79 Å². The van der Waals surface area contributed by atoms with E-state index in [-0.39, 0.29) is 12.4 Å². The van der Waals surface area contributed by atoms with Crippen LogP contribution in [0, 0.1) is 13.8 Å². The van der Waals surface area contributed by atoms with E-state index in [0.29, 0.717) is 0 Å². The minimum Gasteiger partial charge on any atom is -0.460 e. The number of esters is 1. The number of hydrogen-bond donors (Lipinski definition) is 0. The van der Waals surface area contributed by atoms with Gasteiger partial charge in [0.1, 0.15) is 5.60 Å². The Kier molecular flexibility index (Phi) is 3.80. The van der Waals surface area contributed by atoms with Crippen molar-refractivity contribution >= 4 is 16.9 Å². The van der Waals surface area contributed by atoms with E-state index in [2.05, 4.69) is 4.98 Å². The molecule has 0 spiro atoms. The first-order valence-corrected chi connectivity index (χ1v) is 6.84. The molecule has 0 N–H and O–H groups in total. The largest absolute Gasteiger partial charge is 0.460 e. The van der Waals surface area contributed by atoms with Crippen LogP contribution in [0.4, 0.5) is 0 Å². The summed E-state index contributed by atoms with van der Waals surface area (Å²) in [5.74, 6) is -0.214. The van der Waals surface area contributed by atoms with Crippen LogP contribution in [0.25, 0.3) is 10.9 Å². The average molecular weight is 271 g/mol. The molecule has 0 fully saturated rings. The number of carbonyl (C=O) groups excluding carboxylic acids is 1. The number of nitrogens with zero attached hydrogens (tertiary/aromatic N) is 1. The topological polar surface area (TPSA) is 39.2 Å². The standard InChI is InChI=1S/C17H21NO2/c1-11-7-6-8-13-9-14(12(2)18-16(11)13)10-15(19)20-17(3,4)5/h6-9H,10H2,1-5H3. The van der Waals surface area contributed by atoms with Crippen LogP contribution in [0.1, 0.15) is 37.6 Å². The highest BCUT2D eigenvalue weighted by Crippen LogP contribution is 2.20. The third kappa shape index (κ3) is 3.35. The van der Waals surface area contributed by atoms with Gasteiger partial charge < -0.3 is 4.74 Å². The number of benzene rings is 1. The van der Waals surface area contributed by atoms with Gasteiger partial charge in [0.2, 0.25) is 0 Å². The van der Waals surface area contributed by atoms with E-state index in [1.165, 1.54) is 0 Å². The lowest BCUT2D eigenvalue weighted by Crippen LogP contribution is -2.25. The van der Waals surface area contributed by atoms with Crippen molar-refractivity contribution in [2.45, 2.75) is 46.6 Å². The Hall–Kier alpha value is -1.90. The van der Waals surface area contributed by atoms with Gasteiger partial charge in [-0.1, -0.05) is 18.2 Å². The van der Waals surface area contributed by atoms with Gasteiger partial charge in [0.05, 0.1) is 11.9 Å². The molecule has 3 nitrogen and oxygen atoms in total. The fourth-order valence-corrected chi connectivity index (χ4v) is 2.19. The third-order valence-electron chi connectivity index (χ3n) is 3.10. The lowest BCUT2D eigenvalue weighted by molar-refractivity contribution is -0.153. The molecule has 1 heterocycles. The Balaban J connectivity index is 2.31. The van der Waals surface area contributed by atoms with Gasteiger partial charge in [-0.15, -0.1) is 0 Å². The molecule has 0 aliphatic heterocycles. The number of ether oxygens (including phenoxy) is 1. The number of hydrogen-bond acceptors (Lipinski definition) is 3. The molecule has 3 heteroatoms. The quantitative estimate of drug-likeness (QED) is 0.781. The van der Waals surface area contributed by atoms with Crippen molar-refractivity contribution in [3.8, 4) is 0 Å². The molecule has 0 saturated heterocycles. The molecular formula is C17H21NO2. The molecule has 2 aromatic rings. The highest BCUT2D eigenvalue weighted by atomic mass is 16.6. The Morgan fingerprint density at radius 2 is 1.95 bits per heavy atom. The van der Waals surface area contributed by atoms with Crippen molar-refractivity contribution in [2.24, 2.45) is 0 Å². The molecule has 1 aromatic carbocycles. The predicted octanol–water partition coefficient (Wildman–Crippen LogP) is 3.74. The second kappa shape index (κ2) is 5.23. The number of para-hydroxylation sites is 1. The first-order valence-electron chi connectivity index (χ1n) is 6.84. The zero-order valence-electron chi connectivity index (χ0n) is 12.8. The summed E-state index contributed by atoms with van der Waals surface area (Å²) in [6, 6.07) is 8.11. The van der Waals surface area contributed by atoms with Gasteiger partial charge in [-0.25, -0.2) is 0 Å². The summed E-state index contributed by atoms with van der Waals surface area (Å²) in [5, 5.41) is 1.06. The number of rotatable bonds is 2. The van der Waals surface area contributed by atoms with Gasteiger partial charge in [-0.05, 0) is 51.8 Å². The van der Waals surface area contributed by atoms with Crippen molar-refractivity contribution in [1.82, 2.24) is 4.98 Å². The molecule has 106 valence electrons. The van der Waals surface area contributed by atoms with Gasteiger partial charge in [0.15, 0.2) is 0 Å². The molecule has 0 bridgehead atoms. The molecule has 2 rings (SSSR count). The Labute approximate surface area is 120 Å². The maximum Gasteiger partial charge on any atom is 0.310 e. The normalized spacial score (nSPS) is 11.7. The second-order valence-corrected chi connectivity index (χ2v) is 6.14. The SMILES string of the molecule is Cc1nc2c(C)cccc2cc1CC(=O)OC(C)(C)C. The van der Waals surface area contributed by atoms with Crippen LogP contribution in [-0.2, 0) is 16.0 Å². The van der Waals surface area contributed by atoms with E-state index in [1.807, 2.05) is 58.9 Å². The molecular weight excluding hydrogens is 250 g/mol. The van der Waals surface area contributed by atoms with E-state index in [0.717, 1.165) is 27.7 Å². The number of fused-ring (bicyclic) bond motifs is 1. The van der Waals surface area contributed by atoms with E-state index >= 15 is 0 Å². The van der Waals surface area contributed by atoms with Gasteiger partial charge in [0.25, 0.3) is 0 Å². The minimum absolute atomic E-state index is 0.214. The summed E-state index contributed by atoms with van der Waals surface area (Å²) in [4.78, 5) is 16.6. The molecule has 20 heavy (non-hydrogen) atoms. The summed E-state index contributed by atoms with van der Waals surface area (Å²) in [6.07, 6.45) is 0.264. The highest BCUT2D eigenvalue weighted by Gasteiger charge is 2.17. The lowest BCUT2D eigenvalue weighted by atomic mass is 10.0. The molecule has 0 atom stereocenters. The van der Waals surface area contributed by atoms with Crippen LogP contribution in [-0.4, -0.2) is 16.6 Å². The fraction of sp³-hybridized carbons (Fsp3) is 0.412. The number of aromatic nitrogens is 1. The Morgan fingerprint density at radius 3 is 2.60 bits per heavy atom. The molecule has 0 unspecified atom stereocenters. The van der Waals surface area contributed by atoms with Gasteiger partial charge in [-0.3, -0.25) is 9.78 Å². The van der Waals surface area contributed by atoms with Crippen molar-refractivity contribution < 1.29 is 9.53 Å². The maximum absolute atomic E-state index is 11.9. The zero-order valence-corrected chi connectivity index (χ0v) is 12.8. The third-order valence-corrected chi connectivity index (χ3v) is 3.10. The monoisotopic (exact) mass is 271 g/mol. The molecule has 0 aliphatic carbocycles. The van der Waals surface area contributed by atoms with Crippen molar-refractivity contribution in [3.05, 3.63) is 41.1 Å². The number of carbonyl (C=O) groups is 1. The number of pyridine rings is 1. The molecule has 0 aliphatic rings. The van der Waals surface area contributed by atoms with Crippen molar-refractivity contribution in [1.29, 1.82) is 0 Å². The molecule has 0 saturated carbocycles.